The second-order valence-electron chi connectivity index (χ2n) is 8.77. The van der Waals surface area contributed by atoms with Crippen LogP contribution < -0.4 is 20.5 Å². The SMILES string of the molecule is COc1ccc2[nH]c(=O)c([C@@H]3CC(=O)Oc4cc(O)c5c(=O)cc(-c6ccc(O)cc6)oc5c43)cc2c1. The molecule has 0 spiro atoms. The first kappa shape index (κ1) is 22.4. The van der Waals surface area contributed by atoms with E-state index in [4.69, 9.17) is 13.9 Å². The molecular formula is C28H19NO8. The zero-order valence-corrected chi connectivity index (χ0v) is 19.4. The summed E-state index contributed by atoms with van der Waals surface area (Å²) in [6.45, 7) is 0. The van der Waals surface area contributed by atoms with Crippen molar-refractivity contribution < 1.29 is 28.9 Å². The number of hydrogen-bond acceptors (Lipinski definition) is 8. The molecule has 1 aliphatic rings. The predicted octanol–water partition coefficient (Wildman–Crippen LogP) is 4.16. The third-order valence-electron chi connectivity index (χ3n) is 6.53. The van der Waals surface area contributed by atoms with E-state index in [1.54, 1.807) is 36.4 Å². The molecule has 0 aliphatic carbocycles. The second-order valence-corrected chi connectivity index (χ2v) is 8.77. The van der Waals surface area contributed by atoms with E-state index in [-0.39, 0.29) is 40.2 Å². The van der Waals surface area contributed by atoms with Crippen LogP contribution in [0.25, 0.3) is 33.2 Å². The Morgan fingerprint density at radius 3 is 2.51 bits per heavy atom. The minimum Gasteiger partial charge on any atom is -0.508 e. The number of esters is 1. The summed E-state index contributed by atoms with van der Waals surface area (Å²) in [5.74, 6) is -1.02. The zero-order chi connectivity index (χ0) is 25.8. The summed E-state index contributed by atoms with van der Waals surface area (Å²) in [5.41, 5.74) is 0.743. The summed E-state index contributed by atoms with van der Waals surface area (Å²) in [7, 11) is 1.54. The van der Waals surface area contributed by atoms with Crippen molar-refractivity contribution in [3.8, 4) is 34.3 Å². The molecule has 184 valence electrons. The number of aromatic amines is 1. The van der Waals surface area contributed by atoms with Crippen LogP contribution in [0, 0.1) is 0 Å². The number of nitrogens with one attached hydrogen (secondary N) is 1. The van der Waals surface area contributed by atoms with Crippen LogP contribution in [-0.4, -0.2) is 28.3 Å². The number of rotatable bonds is 3. The molecule has 3 heterocycles. The van der Waals surface area contributed by atoms with E-state index in [9.17, 15) is 24.6 Å². The van der Waals surface area contributed by atoms with Gasteiger partial charge in [0.1, 0.15) is 39.7 Å². The first-order valence-corrected chi connectivity index (χ1v) is 11.4. The number of methoxy groups -OCH3 is 1. The monoisotopic (exact) mass is 497 g/mol. The Morgan fingerprint density at radius 1 is 0.973 bits per heavy atom. The quantitative estimate of drug-likeness (QED) is 0.249. The zero-order valence-electron chi connectivity index (χ0n) is 19.4. The summed E-state index contributed by atoms with van der Waals surface area (Å²) < 4.78 is 16.8. The Balaban J connectivity index is 1.65. The number of phenols is 2. The van der Waals surface area contributed by atoms with Gasteiger partial charge in [-0.2, -0.15) is 0 Å². The fraction of sp³-hybridized carbons (Fsp3) is 0.107. The molecule has 0 bridgehead atoms. The lowest BCUT2D eigenvalue weighted by atomic mass is 9.85. The van der Waals surface area contributed by atoms with Crippen LogP contribution in [0.2, 0.25) is 0 Å². The number of aromatic nitrogens is 1. The normalized spacial score (nSPS) is 14.9. The maximum absolute atomic E-state index is 13.2. The van der Waals surface area contributed by atoms with Gasteiger partial charge in [0.25, 0.3) is 5.56 Å². The van der Waals surface area contributed by atoms with Crippen molar-refractivity contribution in [3.63, 3.8) is 0 Å². The molecule has 3 N–H and O–H groups in total. The summed E-state index contributed by atoms with van der Waals surface area (Å²) in [6.07, 6.45) is -0.182. The second kappa shape index (κ2) is 8.27. The smallest absolute Gasteiger partial charge is 0.312 e. The highest BCUT2D eigenvalue weighted by Crippen LogP contribution is 2.45. The molecule has 5 aromatic rings. The molecule has 0 fully saturated rings. The van der Waals surface area contributed by atoms with Gasteiger partial charge < -0.3 is 29.1 Å². The van der Waals surface area contributed by atoms with Crippen molar-refractivity contribution in [2.24, 2.45) is 0 Å². The van der Waals surface area contributed by atoms with E-state index in [1.165, 1.54) is 31.4 Å². The van der Waals surface area contributed by atoms with Crippen LogP contribution in [-0.2, 0) is 4.79 Å². The van der Waals surface area contributed by atoms with Crippen molar-refractivity contribution in [3.05, 3.63) is 92.4 Å². The highest BCUT2D eigenvalue weighted by atomic mass is 16.5. The molecule has 9 nitrogen and oxygen atoms in total. The number of hydrogen-bond donors (Lipinski definition) is 3. The Bertz CT molecular complexity index is 1850. The average Bonchev–Trinajstić information content (AvgIpc) is 2.87. The minimum atomic E-state index is -0.822. The van der Waals surface area contributed by atoms with Crippen molar-refractivity contribution in [2.75, 3.05) is 7.11 Å². The number of benzene rings is 3. The molecule has 2 aromatic heterocycles. The standard InChI is InChI=1S/C28H19NO8/c1-35-16-6-7-19-14(8-16)9-18(28(34)29-19)17-10-24(33)36-23-12-21(32)26-20(31)11-22(37-27(26)25(17)23)13-2-4-15(30)5-3-13/h2-9,11-12,17,30,32H,10H2,1H3,(H,29,34)/t17-/m0/s1. The van der Waals surface area contributed by atoms with Crippen LogP contribution in [0.4, 0.5) is 0 Å². The van der Waals surface area contributed by atoms with Gasteiger partial charge in [-0.05, 0) is 48.5 Å². The van der Waals surface area contributed by atoms with Crippen LogP contribution in [0.3, 0.4) is 0 Å². The van der Waals surface area contributed by atoms with Gasteiger partial charge in [0, 0.05) is 45.6 Å². The largest absolute Gasteiger partial charge is 0.508 e. The molecule has 9 heteroatoms. The fourth-order valence-electron chi connectivity index (χ4n) is 4.78. The Kier molecular flexibility index (Phi) is 5.01. The van der Waals surface area contributed by atoms with Crippen molar-refractivity contribution in [2.45, 2.75) is 12.3 Å². The molecule has 0 radical (unpaired) electrons. The number of carbonyl (C=O) groups is 1. The fourth-order valence-corrected chi connectivity index (χ4v) is 4.78. The number of carbonyl (C=O) groups excluding carboxylic acids is 1. The van der Waals surface area contributed by atoms with Gasteiger partial charge in [0.15, 0.2) is 5.43 Å². The molecule has 0 saturated heterocycles. The van der Waals surface area contributed by atoms with E-state index < -0.39 is 28.6 Å². The third kappa shape index (κ3) is 3.68. The average molecular weight is 497 g/mol. The van der Waals surface area contributed by atoms with Gasteiger partial charge in [-0.15, -0.1) is 0 Å². The van der Waals surface area contributed by atoms with E-state index >= 15 is 0 Å². The van der Waals surface area contributed by atoms with Gasteiger partial charge in [-0.25, -0.2) is 0 Å². The van der Waals surface area contributed by atoms with Crippen LogP contribution >= 0.6 is 0 Å². The number of fused-ring (bicyclic) bond motifs is 4. The number of pyridine rings is 1. The lowest BCUT2D eigenvalue weighted by Gasteiger charge is -2.25. The van der Waals surface area contributed by atoms with E-state index in [1.807, 2.05) is 0 Å². The number of ether oxygens (including phenoxy) is 2. The summed E-state index contributed by atoms with van der Waals surface area (Å²) in [6, 6.07) is 15.4. The van der Waals surface area contributed by atoms with Gasteiger partial charge in [-0.3, -0.25) is 14.4 Å². The van der Waals surface area contributed by atoms with Crippen molar-refractivity contribution in [1.29, 1.82) is 0 Å². The topological polar surface area (TPSA) is 139 Å². The maximum Gasteiger partial charge on any atom is 0.312 e. The summed E-state index contributed by atoms with van der Waals surface area (Å²) in [5, 5.41) is 20.9. The number of H-pyrrole nitrogens is 1. The molecule has 0 saturated carbocycles. The van der Waals surface area contributed by atoms with Crippen molar-refractivity contribution in [1.82, 2.24) is 4.98 Å². The highest BCUT2D eigenvalue weighted by Gasteiger charge is 2.35. The molecular weight excluding hydrogens is 478 g/mol. The number of aromatic hydroxyl groups is 2. The van der Waals surface area contributed by atoms with Crippen molar-refractivity contribution >= 4 is 27.8 Å². The minimum absolute atomic E-state index is 0.00222. The van der Waals surface area contributed by atoms with Crippen LogP contribution in [0.5, 0.6) is 23.0 Å². The van der Waals surface area contributed by atoms with Crippen LogP contribution in [0.1, 0.15) is 23.5 Å². The molecule has 0 amide bonds. The van der Waals surface area contributed by atoms with Gasteiger partial charge >= 0.3 is 5.97 Å². The molecule has 37 heavy (non-hydrogen) atoms. The Morgan fingerprint density at radius 2 is 1.76 bits per heavy atom. The summed E-state index contributed by atoms with van der Waals surface area (Å²) in [4.78, 5) is 41.7. The van der Waals surface area contributed by atoms with Gasteiger partial charge in [0.05, 0.1) is 13.5 Å². The van der Waals surface area contributed by atoms with E-state index in [0.29, 0.717) is 27.8 Å². The summed E-state index contributed by atoms with van der Waals surface area (Å²) >= 11 is 0. The lowest BCUT2D eigenvalue weighted by molar-refractivity contribution is -0.135. The first-order chi connectivity index (χ1) is 17.8. The lowest BCUT2D eigenvalue weighted by Crippen LogP contribution is -2.26. The first-order valence-electron chi connectivity index (χ1n) is 11.4. The molecule has 6 rings (SSSR count). The third-order valence-corrected chi connectivity index (χ3v) is 6.53. The predicted molar refractivity (Wildman–Crippen MR) is 134 cm³/mol. The number of phenolic OH excluding ortho intramolecular Hbond substituents is 2. The van der Waals surface area contributed by atoms with Gasteiger partial charge in [0.2, 0.25) is 0 Å². The Labute approximate surface area is 208 Å². The van der Waals surface area contributed by atoms with E-state index in [2.05, 4.69) is 4.98 Å². The molecule has 0 unspecified atom stereocenters. The molecule has 1 atom stereocenters. The van der Waals surface area contributed by atoms with Gasteiger partial charge in [-0.1, -0.05) is 0 Å². The highest BCUT2D eigenvalue weighted by molar-refractivity contribution is 5.93. The van der Waals surface area contributed by atoms with E-state index in [0.717, 1.165) is 0 Å². The van der Waals surface area contributed by atoms with Crippen LogP contribution in [0.15, 0.2) is 74.7 Å². The molecule has 1 aliphatic heterocycles. The maximum atomic E-state index is 13.2. The molecule has 3 aromatic carbocycles. The Hall–Kier alpha value is -5.05.